The van der Waals surface area contributed by atoms with Crippen molar-refractivity contribution in [2.75, 3.05) is 53.9 Å². The van der Waals surface area contributed by atoms with Crippen molar-refractivity contribution in [3.8, 4) is 0 Å². The fourth-order valence-corrected chi connectivity index (χ4v) is 4.76. The van der Waals surface area contributed by atoms with Gasteiger partial charge in [-0.3, -0.25) is 4.90 Å². The van der Waals surface area contributed by atoms with Gasteiger partial charge in [0.2, 0.25) is 0 Å². The molecule has 0 radical (unpaired) electrons. The maximum Gasteiger partial charge on any atom is 0.123 e. The molecule has 0 saturated carbocycles. The van der Waals surface area contributed by atoms with E-state index in [1.54, 1.807) is 12.1 Å². The quantitative estimate of drug-likeness (QED) is 0.692. The lowest BCUT2D eigenvalue weighted by atomic mass is 9.81. The summed E-state index contributed by atoms with van der Waals surface area (Å²) in [6.07, 6.45) is 1.91. The summed E-state index contributed by atoms with van der Waals surface area (Å²) in [4.78, 5) is 7.12. The summed E-state index contributed by atoms with van der Waals surface area (Å²) in [5.41, 5.74) is 4.44. The topological polar surface area (TPSA) is 19.0 Å². The van der Waals surface area contributed by atoms with Crippen LogP contribution in [0.25, 0.3) is 0 Å². The van der Waals surface area contributed by atoms with E-state index in [1.807, 2.05) is 12.1 Å². The first kappa shape index (κ1) is 21.4. The molecule has 1 atom stereocenters. The van der Waals surface area contributed by atoms with Gasteiger partial charge in [-0.25, -0.2) is 4.39 Å². The van der Waals surface area contributed by atoms with Crippen molar-refractivity contribution in [1.29, 1.82) is 0 Å². The monoisotopic (exact) mass is 411 g/mol. The van der Waals surface area contributed by atoms with Crippen LogP contribution in [0.1, 0.15) is 35.1 Å². The molecule has 162 valence electrons. The van der Waals surface area contributed by atoms with Gasteiger partial charge in [-0.05, 0) is 74.9 Å². The van der Waals surface area contributed by atoms with E-state index in [-0.39, 0.29) is 5.82 Å². The minimum absolute atomic E-state index is 0.206. The van der Waals surface area contributed by atoms with Crippen molar-refractivity contribution < 1.29 is 9.13 Å². The van der Waals surface area contributed by atoms with Crippen LogP contribution in [-0.4, -0.2) is 68.6 Å². The van der Waals surface area contributed by atoms with Gasteiger partial charge in [0.1, 0.15) is 11.4 Å². The summed E-state index contributed by atoms with van der Waals surface area (Å²) in [6.45, 7) is 7.11. The highest BCUT2D eigenvalue weighted by atomic mass is 19.1. The molecule has 2 aromatic carbocycles. The molecule has 1 saturated heterocycles. The molecule has 5 heteroatoms. The van der Waals surface area contributed by atoms with E-state index >= 15 is 0 Å². The molecule has 0 bridgehead atoms. The van der Waals surface area contributed by atoms with Crippen molar-refractivity contribution in [3.05, 3.63) is 70.5 Å². The smallest absolute Gasteiger partial charge is 0.123 e. The first-order chi connectivity index (χ1) is 14.5. The molecule has 0 aromatic heterocycles. The van der Waals surface area contributed by atoms with Crippen LogP contribution in [-0.2, 0) is 23.5 Å². The van der Waals surface area contributed by atoms with Gasteiger partial charge in [0.25, 0.3) is 0 Å². The molecular weight excluding hydrogens is 377 g/mol. The van der Waals surface area contributed by atoms with E-state index < -0.39 is 5.60 Å². The molecule has 2 aromatic rings. The normalized spacial score (nSPS) is 22.6. The average Bonchev–Trinajstić information content (AvgIpc) is 3.09. The third-order valence-electron chi connectivity index (χ3n) is 6.53. The fourth-order valence-electron chi connectivity index (χ4n) is 4.76. The number of hydrogen-bond acceptors (Lipinski definition) is 4. The molecule has 4 nitrogen and oxygen atoms in total. The fraction of sp³-hybridized carbons (Fsp3) is 0.520. The van der Waals surface area contributed by atoms with E-state index in [2.05, 4.69) is 54.0 Å². The van der Waals surface area contributed by atoms with Crippen molar-refractivity contribution in [1.82, 2.24) is 14.7 Å². The van der Waals surface area contributed by atoms with Crippen LogP contribution in [0.2, 0.25) is 0 Å². The maximum atomic E-state index is 13.6. The van der Waals surface area contributed by atoms with Crippen molar-refractivity contribution in [3.63, 3.8) is 0 Å². The van der Waals surface area contributed by atoms with Gasteiger partial charge in [0.05, 0.1) is 6.61 Å². The molecule has 1 unspecified atom stereocenters. The molecule has 1 fully saturated rings. The molecule has 2 heterocycles. The molecule has 4 rings (SSSR count). The molecule has 0 N–H and O–H groups in total. The summed E-state index contributed by atoms with van der Waals surface area (Å²) in [6, 6.07) is 13.7. The van der Waals surface area contributed by atoms with Crippen LogP contribution in [0.4, 0.5) is 4.39 Å². The Morgan fingerprint density at radius 2 is 1.77 bits per heavy atom. The number of benzene rings is 2. The predicted molar refractivity (Wildman–Crippen MR) is 119 cm³/mol. The number of fused-ring (bicyclic) bond motifs is 1. The average molecular weight is 412 g/mol. The largest absolute Gasteiger partial charge is 0.361 e. The standard InChI is InChI=1S/C25H34FN3O/c1-27(2)12-4-11-25(22-6-8-23(26)9-7-22)24-10-5-20(17-21(24)19-30-25)18-29-15-13-28(3)14-16-29/h5-10,17H,4,11-16,18-19H2,1-3H3. The molecule has 2 aliphatic heterocycles. The van der Waals surface area contributed by atoms with Crippen LogP contribution in [0.5, 0.6) is 0 Å². The Hall–Kier alpha value is -1.79. The first-order valence-electron chi connectivity index (χ1n) is 11.0. The van der Waals surface area contributed by atoms with E-state index in [0.717, 1.165) is 57.7 Å². The zero-order chi connectivity index (χ0) is 21.1. The Labute approximate surface area is 180 Å². The lowest BCUT2D eigenvalue weighted by Gasteiger charge is -2.33. The van der Waals surface area contributed by atoms with Gasteiger partial charge in [0.15, 0.2) is 0 Å². The maximum absolute atomic E-state index is 13.6. The van der Waals surface area contributed by atoms with E-state index in [4.69, 9.17) is 4.74 Å². The van der Waals surface area contributed by atoms with Crippen molar-refractivity contribution in [2.45, 2.75) is 31.6 Å². The molecule has 0 spiro atoms. The van der Waals surface area contributed by atoms with Crippen LogP contribution >= 0.6 is 0 Å². The zero-order valence-corrected chi connectivity index (χ0v) is 18.5. The molecular formula is C25H34FN3O. The molecule has 0 aliphatic carbocycles. The summed E-state index contributed by atoms with van der Waals surface area (Å²) in [5.74, 6) is -0.206. The van der Waals surface area contributed by atoms with Crippen molar-refractivity contribution in [2.24, 2.45) is 0 Å². The number of ether oxygens (including phenoxy) is 1. The molecule has 30 heavy (non-hydrogen) atoms. The van der Waals surface area contributed by atoms with E-state index in [9.17, 15) is 4.39 Å². The third kappa shape index (κ3) is 4.59. The number of hydrogen-bond donors (Lipinski definition) is 0. The summed E-state index contributed by atoms with van der Waals surface area (Å²) >= 11 is 0. The Bertz CT molecular complexity index is 846. The third-order valence-corrected chi connectivity index (χ3v) is 6.53. The second kappa shape index (κ2) is 9.15. The highest BCUT2D eigenvalue weighted by Gasteiger charge is 2.41. The lowest BCUT2D eigenvalue weighted by molar-refractivity contribution is -0.0140. The SMILES string of the molecule is CN(C)CCCC1(c2ccc(F)cc2)OCc2cc(CN3CCN(C)CC3)ccc21. The van der Waals surface area contributed by atoms with Crippen LogP contribution in [0.15, 0.2) is 42.5 Å². The Morgan fingerprint density at radius 1 is 1.03 bits per heavy atom. The van der Waals surface area contributed by atoms with Gasteiger partial charge in [-0.1, -0.05) is 30.3 Å². The van der Waals surface area contributed by atoms with Gasteiger partial charge in [-0.2, -0.15) is 0 Å². The van der Waals surface area contributed by atoms with Crippen LogP contribution < -0.4 is 0 Å². The van der Waals surface area contributed by atoms with Crippen LogP contribution in [0, 0.1) is 5.82 Å². The minimum Gasteiger partial charge on any atom is -0.361 e. The number of likely N-dealkylation sites (N-methyl/N-ethyl adjacent to an activating group) is 1. The highest BCUT2D eigenvalue weighted by Crippen LogP contribution is 2.45. The summed E-state index contributed by atoms with van der Waals surface area (Å²) < 4.78 is 20.1. The molecule has 2 aliphatic rings. The second-order valence-electron chi connectivity index (χ2n) is 9.10. The number of rotatable bonds is 7. The summed E-state index contributed by atoms with van der Waals surface area (Å²) in [7, 11) is 6.38. The number of halogens is 1. The number of nitrogens with zero attached hydrogens (tertiary/aromatic N) is 3. The Balaban J connectivity index is 1.58. The number of piperazine rings is 1. The summed E-state index contributed by atoms with van der Waals surface area (Å²) in [5, 5.41) is 0. The first-order valence-corrected chi connectivity index (χ1v) is 11.0. The van der Waals surface area contributed by atoms with Crippen molar-refractivity contribution >= 4 is 0 Å². The minimum atomic E-state index is -0.481. The van der Waals surface area contributed by atoms with Gasteiger partial charge >= 0.3 is 0 Å². The van der Waals surface area contributed by atoms with E-state index in [1.165, 1.54) is 16.7 Å². The van der Waals surface area contributed by atoms with Crippen LogP contribution in [0.3, 0.4) is 0 Å². The van der Waals surface area contributed by atoms with E-state index in [0.29, 0.717) is 6.61 Å². The Kier molecular flexibility index (Phi) is 6.54. The predicted octanol–water partition coefficient (Wildman–Crippen LogP) is 3.69. The highest BCUT2D eigenvalue weighted by molar-refractivity contribution is 5.45. The van der Waals surface area contributed by atoms with Gasteiger partial charge in [0, 0.05) is 32.7 Å². The van der Waals surface area contributed by atoms with Gasteiger partial charge < -0.3 is 14.5 Å². The lowest BCUT2D eigenvalue weighted by Crippen LogP contribution is -2.43. The zero-order valence-electron chi connectivity index (χ0n) is 18.5. The van der Waals surface area contributed by atoms with Gasteiger partial charge in [-0.15, -0.1) is 0 Å². The second-order valence-corrected chi connectivity index (χ2v) is 9.10. The molecule has 0 amide bonds. The Morgan fingerprint density at radius 3 is 2.47 bits per heavy atom.